The van der Waals surface area contributed by atoms with Crippen LogP contribution in [0.5, 0.6) is 0 Å². The van der Waals surface area contributed by atoms with Gasteiger partial charge in [-0.15, -0.1) is 0 Å². The number of rotatable bonds is 2. The number of carbonyl (C=O) groups is 1. The van der Waals surface area contributed by atoms with Crippen molar-refractivity contribution in [2.45, 2.75) is 44.7 Å². The highest BCUT2D eigenvalue weighted by Gasteiger charge is 2.32. The van der Waals surface area contributed by atoms with Crippen molar-refractivity contribution in [3.63, 3.8) is 0 Å². The number of nitrogens with zero attached hydrogens (tertiary/aromatic N) is 1. The smallest absolute Gasteiger partial charge is 0.251 e. The van der Waals surface area contributed by atoms with E-state index in [1.165, 1.54) is 25.5 Å². The molecule has 2 aliphatic rings. The third kappa shape index (κ3) is 2.88. The number of benzene rings is 1. The number of fused-ring (bicyclic) bond motifs is 1. The monoisotopic (exact) mass is 291 g/mol. The number of nitrogens with two attached hydrogens (primary N) is 1. The van der Waals surface area contributed by atoms with E-state index in [0.29, 0.717) is 22.9 Å². The molecule has 2 heterocycles. The van der Waals surface area contributed by atoms with Gasteiger partial charge in [0, 0.05) is 35.4 Å². The van der Waals surface area contributed by atoms with Gasteiger partial charge < -0.3 is 16.0 Å². The molecule has 0 aromatic heterocycles. The lowest BCUT2D eigenvalue weighted by atomic mass is 9.97. The minimum atomic E-state index is -0.425. The fourth-order valence-electron chi connectivity index (χ4n) is 3.46. The standard InChI is InChI=1S/C16H22FN3O/c1-10-14(17)7-11(8-15(10)18)16(21)19-12-4-6-20-5-2-3-13(20)9-12/h7-8,12-13H,2-6,9,18H2,1H3,(H,19,21). The summed E-state index contributed by atoms with van der Waals surface area (Å²) < 4.78 is 13.7. The molecule has 114 valence electrons. The van der Waals surface area contributed by atoms with Gasteiger partial charge in [0.05, 0.1) is 0 Å². The molecular weight excluding hydrogens is 269 g/mol. The van der Waals surface area contributed by atoms with Crippen molar-refractivity contribution < 1.29 is 9.18 Å². The molecule has 2 unspecified atom stereocenters. The van der Waals surface area contributed by atoms with Gasteiger partial charge in [-0.25, -0.2) is 4.39 Å². The van der Waals surface area contributed by atoms with Gasteiger partial charge in [-0.05, 0) is 51.3 Å². The Hall–Kier alpha value is -1.62. The lowest BCUT2D eigenvalue weighted by molar-refractivity contribution is 0.0896. The fraction of sp³-hybridized carbons (Fsp3) is 0.562. The Bertz CT molecular complexity index is 537. The molecule has 0 aliphatic carbocycles. The summed E-state index contributed by atoms with van der Waals surface area (Å²) in [4.78, 5) is 14.8. The summed E-state index contributed by atoms with van der Waals surface area (Å²) in [6.07, 6.45) is 4.44. The first-order valence-corrected chi connectivity index (χ1v) is 7.65. The summed E-state index contributed by atoms with van der Waals surface area (Å²) in [7, 11) is 0. The van der Waals surface area contributed by atoms with E-state index in [0.717, 1.165) is 19.4 Å². The van der Waals surface area contributed by atoms with Gasteiger partial charge in [0.15, 0.2) is 0 Å². The van der Waals surface area contributed by atoms with Crippen molar-refractivity contribution in [2.75, 3.05) is 18.8 Å². The van der Waals surface area contributed by atoms with E-state index in [1.54, 1.807) is 13.0 Å². The Labute approximate surface area is 124 Å². The minimum absolute atomic E-state index is 0.183. The number of halogens is 1. The number of piperidine rings is 1. The summed E-state index contributed by atoms with van der Waals surface area (Å²) >= 11 is 0. The van der Waals surface area contributed by atoms with Crippen LogP contribution in [-0.2, 0) is 0 Å². The highest BCUT2D eigenvalue weighted by atomic mass is 19.1. The lowest BCUT2D eigenvalue weighted by Gasteiger charge is -2.35. The first kappa shape index (κ1) is 14.3. The highest BCUT2D eigenvalue weighted by molar-refractivity contribution is 5.95. The van der Waals surface area contributed by atoms with E-state index in [2.05, 4.69) is 10.2 Å². The Morgan fingerprint density at radius 3 is 2.95 bits per heavy atom. The molecule has 2 saturated heterocycles. The number of nitrogens with one attached hydrogen (secondary N) is 1. The van der Waals surface area contributed by atoms with E-state index >= 15 is 0 Å². The highest BCUT2D eigenvalue weighted by Crippen LogP contribution is 2.27. The Kier molecular flexibility index (Phi) is 3.85. The zero-order valence-electron chi connectivity index (χ0n) is 12.4. The van der Waals surface area contributed by atoms with Crippen LogP contribution < -0.4 is 11.1 Å². The second-order valence-electron chi connectivity index (χ2n) is 6.20. The largest absolute Gasteiger partial charge is 0.398 e. The number of nitrogen functional groups attached to an aromatic ring is 1. The van der Waals surface area contributed by atoms with Crippen molar-refractivity contribution in [3.05, 3.63) is 29.1 Å². The summed E-state index contributed by atoms with van der Waals surface area (Å²) in [5.74, 6) is -0.650. The molecule has 1 amide bonds. The third-order valence-electron chi connectivity index (χ3n) is 4.80. The van der Waals surface area contributed by atoms with Crippen molar-refractivity contribution >= 4 is 11.6 Å². The Balaban J connectivity index is 1.66. The van der Waals surface area contributed by atoms with E-state index in [-0.39, 0.29) is 11.9 Å². The fourth-order valence-corrected chi connectivity index (χ4v) is 3.46. The quantitative estimate of drug-likeness (QED) is 0.820. The normalized spacial score (nSPS) is 25.6. The van der Waals surface area contributed by atoms with Gasteiger partial charge in [0.25, 0.3) is 5.91 Å². The van der Waals surface area contributed by atoms with Crippen molar-refractivity contribution in [1.29, 1.82) is 0 Å². The molecule has 0 saturated carbocycles. The van der Waals surface area contributed by atoms with E-state index in [4.69, 9.17) is 5.73 Å². The number of amides is 1. The van der Waals surface area contributed by atoms with Crippen LogP contribution >= 0.6 is 0 Å². The van der Waals surface area contributed by atoms with Crippen LogP contribution in [0, 0.1) is 12.7 Å². The van der Waals surface area contributed by atoms with Crippen LogP contribution in [0.4, 0.5) is 10.1 Å². The molecule has 0 spiro atoms. The molecule has 2 fully saturated rings. The van der Waals surface area contributed by atoms with Crippen molar-refractivity contribution in [2.24, 2.45) is 0 Å². The zero-order chi connectivity index (χ0) is 15.0. The van der Waals surface area contributed by atoms with Crippen molar-refractivity contribution in [3.8, 4) is 0 Å². The molecule has 4 nitrogen and oxygen atoms in total. The number of anilines is 1. The average Bonchev–Trinajstić information content (AvgIpc) is 2.91. The van der Waals surface area contributed by atoms with Crippen LogP contribution in [0.3, 0.4) is 0 Å². The first-order valence-electron chi connectivity index (χ1n) is 7.65. The molecule has 21 heavy (non-hydrogen) atoms. The van der Waals surface area contributed by atoms with E-state index < -0.39 is 5.82 Å². The first-order chi connectivity index (χ1) is 10.0. The van der Waals surface area contributed by atoms with Crippen LogP contribution in [0.2, 0.25) is 0 Å². The number of carbonyl (C=O) groups excluding carboxylic acids is 1. The second kappa shape index (κ2) is 5.64. The Morgan fingerprint density at radius 1 is 1.38 bits per heavy atom. The van der Waals surface area contributed by atoms with Gasteiger partial charge in [0.2, 0.25) is 0 Å². The molecule has 2 atom stereocenters. The topological polar surface area (TPSA) is 58.4 Å². The van der Waals surface area contributed by atoms with Gasteiger partial charge in [-0.1, -0.05) is 0 Å². The SMILES string of the molecule is Cc1c(N)cc(C(=O)NC2CCN3CCCC3C2)cc1F. The maximum Gasteiger partial charge on any atom is 0.251 e. The van der Waals surface area contributed by atoms with E-state index in [1.807, 2.05) is 0 Å². The second-order valence-corrected chi connectivity index (χ2v) is 6.20. The molecule has 1 aromatic carbocycles. The predicted octanol–water partition coefficient (Wildman–Crippen LogP) is 2.07. The summed E-state index contributed by atoms with van der Waals surface area (Å²) in [5.41, 5.74) is 6.76. The molecule has 1 aromatic rings. The Morgan fingerprint density at radius 2 is 2.19 bits per heavy atom. The summed E-state index contributed by atoms with van der Waals surface area (Å²) in [6.45, 7) is 3.84. The van der Waals surface area contributed by atoms with Crippen LogP contribution in [-0.4, -0.2) is 36.0 Å². The molecule has 2 aliphatic heterocycles. The average molecular weight is 291 g/mol. The van der Waals surface area contributed by atoms with Gasteiger partial charge in [0.1, 0.15) is 5.82 Å². The summed E-state index contributed by atoms with van der Waals surface area (Å²) in [6, 6.07) is 3.61. The van der Waals surface area contributed by atoms with Crippen LogP contribution in [0.1, 0.15) is 41.6 Å². The number of hydrogen-bond acceptors (Lipinski definition) is 3. The minimum Gasteiger partial charge on any atom is -0.398 e. The van der Waals surface area contributed by atoms with Crippen molar-refractivity contribution in [1.82, 2.24) is 10.2 Å². The molecule has 5 heteroatoms. The molecular formula is C16H22FN3O. The van der Waals surface area contributed by atoms with Gasteiger partial charge in [-0.2, -0.15) is 0 Å². The van der Waals surface area contributed by atoms with E-state index in [9.17, 15) is 9.18 Å². The molecule has 3 N–H and O–H groups in total. The predicted molar refractivity (Wildman–Crippen MR) is 80.6 cm³/mol. The summed E-state index contributed by atoms with van der Waals surface area (Å²) in [5, 5.41) is 3.03. The van der Waals surface area contributed by atoms with Gasteiger partial charge in [-0.3, -0.25) is 4.79 Å². The maximum atomic E-state index is 13.7. The van der Waals surface area contributed by atoms with Crippen LogP contribution in [0.15, 0.2) is 12.1 Å². The number of hydrogen-bond donors (Lipinski definition) is 2. The molecule has 0 bridgehead atoms. The molecule has 0 radical (unpaired) electrons. The lowest BCUT2D eigenvalue weighted by Crippen LogP contribution is -2.47. The van der Waals surface area contributed by atoms with Crippen LogP contribution in [0.25, 0.3) is 0 Å². The maximum absolute atomic E-state index is 13.7. The zero-order valence-corrected chi connectivity index (χ0v) is 12.4. The van der Waals surface area contributed by atoms with Gasteiger partial charge >= 0.3 is 0 Å². The molecule has 3 rings (SSSR count). The third-order valence-corrected chi connectivity index (χ3v) is 4.80.